The normalized spacial score (nSPS) is 10.6. The third-order valence-corrected chi connectivity index (χ3v) is 2.66. The van der Waals surface area contributed by atoms with Crippen molar-refractivity contribution >= 4 is 23.8 Å². The molecule has 0 aromatic carbocycles. The number of hydrogen-bond acceptors (Lipinski definition) is 7. The zero-order chi connectivity index (χ0) is 19.7. The molecule has 0 saturated heterocycles. The fraction of sp³-hybridized carbons (Fsp3) is 0.467. The van der Waals surface area contributed by atoms with Crippen molar-refractivity contribution in [2.75, 3.05) is 13.1 Å². The number of aromatic nitrogens is 2. The summed E-state index contributed by atoms with van der Waals surface area (Å²) < 4.78 is 5.14. The van der Waals surface area contributed by atoms with Crippen LogP contribution in [0, 0.1) is 0 Å². The molecule has 0 saturated carbocycles. The summed E-state index contributed by atoms with van der Waals surface area (Å²) in [6.07, 6.45) is 2.95. The molecule has 4 amide bonds. The summed E-state index contributed by atoms with van der Waals surface area (Å²) in [6, 6.07) is 0. The summed E-state index contributed by atoms with van der Waals surface area (Å²) in [5, 5.41) is 3.16. The lowest BCUT2D eigenvalue weighted by Gasteiger charge is -2.27. The van der Waals surface area contributed by atoms with Crippen molar-refractivity contribution in [2.45, 2.75) is 32.8 Å². The van der Waals surface area contributed by atoms with Crippen molar-refractivity contribution in [3.8, 4) is 0 Å². The number of primary amides is 1. The van der Waals surface area contributed by atoms with E-state index in [2.05, 4.69) is 20.7 Å². The Morgan fingerprint density at radius 2 is 1.92 bits per heavy atom. The van der Waals surface area contributed by atoms with Crippen LogP contribution in [0.5, 0.6) is 0 Å². The average molecular weight is 366 g/mol. The van der Waals surface area contributed by atoms with Gasteiger partial charge in [-0.25, -0.2) is 14.8 Å². The lowest BCUT2D eigenvalue weighted by molar-refractivity contribution is -0.126. The summed E-state index contributed by atoms with van der Waals surface area (Å²) in [7, 11) is 0. The molecule has 0 unspecified atom stereocenters. The molecular formula is C15H22N6O5. The van der Waals surface area contributed by atoms with Crippen molar-refractivity contribution in [3.63, 3.8) is 0 Å². The zero-order valence-electron chi connectivity index (χ0n) is 14.8. The highest BCUT2D eigenvalue weighted by Gasteiger charge is 2.24. The first-order valence-electron chi connectivity index (χ1n) is 7.71. The Balaban J connectivity index is 2.61. The topological polar surface area (TPSA) is 157 Å². The van der Waals surface area contributed by atoms with E-state index in [9.17, 15) is 19.2 Å². The lowest BCUT2D eigenvalue weighted by Crippen LogP contribution is -2.51. The highest BCUT2D eigenvalue weighted by molar-refractivity contribution is 5.94. The maximum Gasteiger partial charge on any atom is 0.429 e. The number of carbonyl (C=O) groups excluding carboxylic acids is 4. The van der Waals surface area contributed by atoms with Gasteiger partial charge in [0.05, 0.1) is 19.3 Å². The zero-order valence-corrected chi connectivity index (χ0v) is 14.8. The number of amides is 4. The van der Waals surface area contributed by atoms with Gasteiger partial charge in [0.2, 0.25) is 5.91 Å². The van der Waals surface area contributed by atoms with Crippen molar-refractivity contribution in [2.24, 2.45) is 5.73 Å². The molecule has 0 radical (unpaired) electrons. The number of rotatable bonds is 6. The summed E-state index contributed by atoms with van der Waals surface area (Å²) in [6.45, 7) is 4.36. The van der Waals surface area contributed by atoms with Crippen LogP contribution in [0.25, 0.3) is 0 Å². The lowest BCUT2D eigenvalue weighted by atomic mass is 10.2. The Bertz CT molecular complexity index is 658. The molecule has 0 atom stereocenters. The number of ether oxygens (including phenoxy) is 1. The molecule has 0 aliphatic carbocycles. The van der Waals surface area contributed by atoms with Crippen LogP contribution in [-0.4, -0.2) is 57.5 Å². The minimum atomic E-state index is -0.854. The van der Waals surface area contributed by atoms with Crippen molar-refractivity contribution in [1.29, 1.82) is 0 Å². The van der Waals surface area contributed by atoms with E-state index in [1.54, 1.807) is 20.8 Å². The third-order valence-electron chi connectivity index (χ3n) is 2.66. The summed E-state index contributed by atoms with van der Waals surface area (Å²) >= 11 is 0. The third kappa shape index (κ3) is 8.04. The predicted octanol–water partition coefficient (Wildman–Crippen LogP) is -0.650. The van der Waals surface area contributed by atoms with Crippen LogP contribution in [0.3, 0.4) is 0 Å². The Labute approximate surface area is 150 Å². The molecule has 0 aliphatic heterocycles. The Hall–Kier alpha value is -3.24. The molecule has 0 fully saturated rings. The van der Waals surface area contributed by atoms with E-state index in [1.807, 2.05) is 0 Å². The second-order valence-corrected chi connectivity index (χ2v) is 6.16. The van der Waals surface area contributed by atoms with Gasteiger partial charge in [-0.15, -0.1) is 0 Å². The van der Waals surface area contributed by atoms with Gasteiger partial charge < -0.3 is 15.8 Å². The van der Waals surface area contributed by atoms with E-state index in [0.717, 1.165) is 5.01 Å². The molecule has 1 aromatic rings. The average Bonchev–Trinajstić information content (AvgIpc) is 2.55. The molecule has 142 valence electrons. The Morgan fingerprint density at radius 3 is 2.46 bits per heavy atom. The van der Waals surface area contributed by atoms with Gasteiger partial charge in [-0.1, -0.05) is 0 Å². The quantitative estimate of drug-likeness (QED) is 0.565. The van der Waals surface area contributed by atoms with Gasteiger partial charge in [0.15, 0.2) is 0 Å². The van der Waals surface area contributed by atoms with Crippen LogP contribution in [0.1, 0.15) is 37.7 Å². The molecule has 1 aromatic heterocycles. The van der Waals surface area contributed by atoms with Crippen molar-refractivity contribution in [1.82, 2.24) is 25.7 Å². The van der Waals surface area contributed by atoms with Crippen LogP contribution in [-0.2, 0) is 14.3 Å². The maximum atomic E-state index is 12.1. The summed E-state index contributed by atoms with van der Waals surface area (Å²) in [5.74, 6) is -1.95. The van der Waals surface area contributed by atoms with E-state index in [1.165, 1.54) is 18.6 Å². The number of nitrogens with zero attached hydrogens (tertiary/aromatic N) is 3. The fourth-order valence-corrected chi connectivity index (χ4v) is 1.59. The van der Waals surface area contributed by atoms with Gasteiger partial charge in [0.25, 0.3) is 11.8 Å². The van der Waals surface area contributed by atoms with Crippen LogP contribution >= 0.6 is 0 Å². The van der Waals surface area contributed by atoms with E-state index in [4.69, 9.17) is 10.5 Å². The second kappa shape index (κ2) is 9.30. The van der Waals surface area contributed by atoms with Gasteiger partial charge in [-0.05, 0) is 20.8 Å². The molecule has 4 N–H and O–H groups in total. The smallest absolute Gasteiger partial charge is 0.429 e. The molecule has 11 nitrogen and oxygen atoms in total. The first-order chi connectivity index (χ1) is 12.1. The maximum absolute atomic E-state index is 12.1. The number of carbonyl (C=O) groups is 4. The Morgan fingerprint density at radius 1 is 1.23 bits per heavy atom. The van der Waals surface area contributed by atoms with Crippen LogP contribution < -0.4 is 16.5 Å². The van der Waals surface area contributed by atoms with Gasteiger partial charge in [-0.2, -0.15) is 0 Å². The molecule has 1 rings (SSSR count). The first-order valence-corrected chi connectivity index (χ1v) is 7.71. The SMILES string of the molecule is CC(C)(C)OC(=O)N(CCC(N)=O)NC(=O)CNC(=O)c1cnccn1. The van der Waals surface area contributed by atoms with Gasteiger partial charge in [0, 0.05) is 18.8 Å². The Kier molecular flexibility index (Phi) is 7.44. The fourth-order valence-electron chi connectivity index (χ4n) is 1.59. The standard InChI is InChI=1S/C15H22N6O5/c1-15(2,3)26-14(25)21(7-4-11(16)22)20-12(23)9-19-13(24)10-8-17-5-6-18-10/h5-6,8H,4,7,9H2,1-3H3,(H2,16,22)(H,19,24)(H,20,23). The molecule has 11 heteroatoms. The van der Waals surface area contributed by atoms with Gasteiger partial charge in [-0.3, -0.25) is 24.8 Å². The van der Waals surface area contributed by atoms with E-state index >= 15 is 0 Å². The molecule has 0 spiro atoms. The first kappa shape index (κ1) is 20.8. The number of nitrogens with two attached hydrogens (primary N) is 1. The summed E-state index contributed by atoms with van der Waals surface area (Å²) in [4.78, 5) is 54.4. The minimum Gasteiger partial charge on any atom is -0.442 e. The highest BCUT2D eigenvalue weighted by Crippen LogP contribution is 2.09. The molecular weight excluding hydrogens is 344 g/mol. The molecule has 0 aliphatic rings. The monoisotopic (exact) mass is 366 g/mol. The number of hydrazine groups is 1. The summed E-state index contributed by atoms with van der Waals surface area (Å²) in [5.41, 5.74) is 6.57. The second-order valence-electron chi connectivity index (χ2n) is 6.16. The molecule has 0 bridgehead atoms. The van der Waals surface area contributed by atoms with Gasteiger partial charge in [0.1, 0.15) is 11.3 Å². The van der Waals surface area contributed by atoms with Crippen LogP contribution in [0.15, 0.2) is 18.6 Å². The van der Waals surface area contributed by atoms with Crippen LogP contribution in [0.2, 0.25) is 0 Å². The van der Waals surface area contributed by atoms with E-state index < -0.39 is 36.0 Å². The largest absolute Gasteiger partial charge is 0.442 e. The molecule has 26 heavy (non-hydrogen) atoms. The van der Waals surface area contributed by atoms with E-state index in [-0.39, 0.29) is 18.7 Å². The van der Waals surface area contributed by atoms with Crippen molar-refractivity contribution < 1.29 is 23.9 Å². The van der Waals surface area contributed by atoms with E-state index in [0.29, 0.717) is 0 Å². The molecule has 1 heterocycles. The predicted molar refractivity (Wildman–Crippen MR) is 89.3 cm³/mol. The highest BCUT2D eigenvalue weighted by atomic mass is 16.6. The number of hydrogen-bond donors (Lipinski definition) is 3. The minimum absolute atomic E-state index is 0.0398. The van der Waals surface area contributed by atoms with Gasteiger partial charge >= 0.3 is 6.09 Å². The van der Waals surface area contributed by atoms with Crippen LogP contribution in [0.4, 0.5) is 4.79 Å². The van der Waals surface area contributed by atoms with Crippen molar-refractivity contribution in [3.05, 3.63) is 24.3 Å². The number of nitrogens with one attached hydrogen (secondary N) is 2.